The predicted molar refractivity (Wildman–Crippen MR) is 50.5 cm³/mol. The van der Waals surface area contributed by atoms with Crippen LogP contribution in [0.25, 0.3) is 0 Å². The van der Waals surface area contributed by atoms with Crippen molar-refractivity contribution in [2.45, 2.75) is 25.1 Å². The largest absolute Gasteiger partial charge is 0.490 e. The van der Waals surface area contributed by atoms with E-state index in [1.807, 2.05) is 0 Å². The zero-order valence-corrected chi connectivity index (χ0v) is 8.25. The monoisotopic (exact) mass is 230 g/mol. The van der Waals surface area contributed by atoms with Gasteiger partial charge in [-0.2, -0.15) is 13.2 Å². The second kappa shape index (κ2) is 3.81. The van der Waals surface area contributed by atoms with Crippen LogP contribution in [0.1, 0.15) is 28.8 Å². The van der Waals surface area contributed by atoms with Gasteiger partial charge in [0.2, 0.25) is 0 Å². The molecule has 0 aliphatic heterocycles. The van der Waals surface area contributed by atoms with E-state index >= 15 is 0 Å². The molecule has 1 aliphatic rings. The first-order chi connectivity index (χ1) is 7.50. The first-order valence-corrected chi connectivity index (χ1v) is 4.84. The van der Waals surface area contributed by atoms with Gasteiger partial charge in [0.15, 0.2) is 0 Å². The first kappa shape index (κ1) is 11.0. The number of rotatable bonds is 3. The van der Waals surface area contributed by atoms with Crippen LogP contribution in [-0.4, -0.2) is 12.4 Å². The summed E-state index contributed by atoms with van der Waals surface area (Å²) in [4.78, 5) is 10.5. The third-order valence-corrected chi connectivity index (χ3v) is 2.27. The quantitative estimate of drug-likeness (QED) is 0.746. The summed E-state index contributed by atoms with van der Waals surface area (Å²) in [7, 11) is 0. The van der Waals surface area contributed by atoms with E-state index < -0.39 is 11.7 Å². The molecule has 0 N–H and O–H groups in total. The van der Waals surface area contributed by atoms with Crippen molar-refractivity contribution >= 4 is 6.29 Å². The van der Waals surface area contributed by atoms with Gasteiger partial charge in [0.1, 0.15) is 12.0 Å². The molecular formula is C11H9F3O2. The van der Waals surface area contributed by atoms with Crippen molar-refractivity contribution in [2.75, 3.05) is 0 Å². The number of hydrogen-bond acceptors (Lipinski definition) is 2. The van der Waals surface area contributed by atoms with Gasteiger partial charge in [-0.25, -0.2) is 0 Å². The SMILES string of the molecule is O=Cc1ccc(C(F)(F)F)c(OC2CC2)c1. The molecule has 1 fully saturated rings. The van der Waals surface area contributed by atoms with Gasteiger partial charge in [-0.3, -0.25) is 4.79 Å². The van der Waals surface area contributed by atoms with E-state index in [2.05, 4.69) is 0 Å². The highest BCUT2D eigenvalue weighted by Gasteiger charge is 2.36. The minimum atomic E-state index is -4.45. The molecule has 0 atom stereocenters. The van der Waals surface area contributed by atoms with Crippen molar-refractivity contribution in [3.05, 3.63) is 29.3 Å². The van der Waals surface area contributed by atoms with Gasteiger partial charge in [0, 0.05) is 5.56 Å². The number of benzene rings is 1. The fourth-order valence-electron chi connectivity index (χ4n) is 1.31. The molecule has 0 unspecified atom stereocenters. The molecule has 0 aromatic heterocycles. The minimum absolute atomic E-state index is 0.136. The maximum atomic E-state index is 12.6. The van der Waals surface area contributed by atoms with Crippen LogP contribution in [0.4, 0.5) is 13.2 Å². The van der Waals surface area contributed by atoms with Gasteiger partial charge in [0.05, 0.1) is 11.7 Å². The normalized spacial score (nSPS) is 15.9. The van der Waals surface area contributed by atoms with Crippen molar-refractivity contribution in [2.24, 2.45) is 0 Å². The topological polar surface area (TPSA) is 26.3 Å². The van der Waals surface area contributed by atoms with Crippen LogP contribution in [0, 0.1) is 0 Å². The molecule has 0 saturated heterocycles. The summed E-state index contributed by atoms with van der Waals surface area (Å²) in [5.74, 6) is -0.250. The van der Waals surface area contributed by atoms with Crippen LogP contribution in [0.5, 0.6) is 5.75 Å². The Morgan fingerprint density at radius 1 is 1.31 bits per heavy atom. The maximum Gasteiger partial charge on any atom is 0.419 e. The highest BCUT2D eigenvalue weighted by atomic mass is 19.4. The van der Waals surface area contributed by atoms with Crippen LogP contribution in [0.2, 0.25) is 0 Å². The van der Waals surface area contributed by atoms with E-state index in [0.717, 1.165) is 31.0 Å². The summed E-state index contributed by atoms with van der Waals surface area (Å²) >= 11 is 0. The Hall–Kier alpha value is -1.52. The standard InChI is InChI=1S/C11H9F3O2/c12-11(13,14)9-4-1-7(6-15)5-10(9)16-8-2-3-8/h1,4-6,8H,2-3H2. The van der Waals surface area contributed by atoms with Crippen molar-refractivity contribution in [3.8, 4) is 5.75 Å². The molecule has 2 rings (SSSR count). The molecule has 86 valence electrons. The number of hydrogen-bond donors (Lipinski definition) is 0. The molecule has 0 heterocycles. The second-order valence-corrected chi connectivity index (χ2v) is 3.69. The van der Waals surface area contributed by atoms with Gasteiger partial charge in [-0.15, -0.1) is 0 Å². The van der Waals surface area contributed by atoms with E-state index in [1.54, 1.807) is 0 Å². The molecule has 0 radical (unpaired) electrons. The van der Waals surface area contributed by atoms with E-state index in [0.29, 0.717) is 6.29 Å². The summed E-state index contributed by atoms with van der Waals surface area (Å²) in [6, 6.07) is 3.14. The summed E-state index contributed by atoms with van der Waals surface area (Å²) in [6.07, 6.45) is -2.56. The molecule has 0 spiro atoms. The maximum absolute atomic E-state index is 12.6. The lowest BCUT2D eigenvalue weighted by atomic mass is 10.1. The molecule has 0 bridgehead atoms. The lowest BCUT2D eigenvalue weighted by Gasteiger charge is -2.13. The Bertz CT molecular complexity index is 408. The Balaban J connectivity index is 2.37. The van der Waals surface area contributed by atoms with Crippen LogP contribution < -0.4 is 4.74 Å². The van der Waals surface area contributed by atoms with E-state index in [4.69, 9.17) is 4.74 Å². The molecule has 1 saturated carbocycles. The van der Waals surface area contributed by atoms with Gasteiger partial charge < -0.3 is 4.74 Å². The number of halogens is 3. The number of ether oxygens (including phenoxy) is 1. The molecule has 16 heavy (non-hydrogen) atoms. The van der Waals surface area contributed by atoms with Crippen molar-refractivity contribution in [3.63, 3.8) is 0 Å². The van der Waals surface area contributed by atoms with E-state index in [-0.39, 0.29) is 17.4 Å². The van der Waals surface area contributed by atoms with Crippen molar-refractivity contribution in [1.82, 2.24) is 0 Å². The van der Waals surface area contributed by atoms with Gasteiger partial charge in [0.25, 0.3) is 0 Å². The average molecular weight is 230 g/mol. The molecular weight excluding hydrogens is 221 g/mol. The second-order valence-electron chi connectivity index (χ2n) is 3.69. The zero-order chi connectivity index (χ0) is 11.8. The Morgan fingerprint density at radius 2 is 2.00 bits per heavy atom. The third-order valence-electron chi connectivity index (χ3n) is 2.27. The summed E-state index contributed by atoms with van der Waals surface area (Å²) < 4.78 is 42.9. The molecule has 1 aromatic rings. The molecule has 2 nitrogen and oxygen atoms in total. The summed E-state index contributed by atoms with van der Waals surface area (Å²) in [5, 5.41) is 0. The third kappa shape index (κ3) is 2.35. The number of carbonyl (C=O) groups excluding carboxylic acids is 1. The zero-order valence-electron chi connectivity index (χ0n) is 8.25. The lowest BCUT2D eigenvalue weighted by Crippen LogP contribution is -2.10. The number of alkyl halides is 3. The summed E-state index contributed by atoms with van der Waals surface area (Å²) in [6.45, 7) is 0. The molecule has 5 heteroatoms. The smallest absolute Gasteiger partial charge is 0.419 e. The van der Waals surface area contributed by atoms with Gasteiger partial charge >= 0.3 is 6.18 Å². The Labute approximate surface area is 90.0 Å². The van der Waals surface area contributed by atoms with E-state index in [1.165, 1.54) is 0 Å². The minimum Gasteiger partial charge on any atom is -0.490 e. The first-order valence-electron chi connectivity index (χ1n) is 4.84. The highest BCUT2D eigenvalue weighted by Crippen LogP contribution is 2.39. The van der Waals surface area contributed by atoms with Crippen molar-refractivity contribution in [1.29, 1.82) is 0 Å². The van der Waals surface area contributed by atoms with Gasteiger partial charge in [-0.05, 0) is 25.0 Å². The van der Waals surface area contributed by atoms with Gasteiger partial charge in [-0.1, -0.05) is 6.07 Å². The molecule has 1 aromatic carbocycles. The Kier molecular flexibility index (Phi) is 2.61. The van der Waals surface area contributed by atoms with E-state index in [9.17, 15) is 18.0 Å². The van der Waals surface area contributed by atoms with Crippen LogP contribution >= 0.6 is 0 Å². The van der Waals surface area contributed by atoms with Crippen LogP contribution in [-0.2, 0) is 6.18 Å². The highest BCUT2D eigenvalue weighted by molar-refractivity contribution is 5.76. The molecule has 1 aliphatic carbocycles. The average Bonchev–Trinajstić information content (AvgIpc) is 3.00. The summed E-state index contributed by atoms with van der Waals surface area (Å²) in [5.41, 5.74) is -0.645. The van der Waals surface area contributed by atoms with Crippen LogP contribution in [0.15, 0.2) is 18.2 Å². The van der Waals surface area contributed by atoms with Crippen LogP contribution in [0.3, 0.4) is 0 Å². The number of carbonyl (C=O) groups is 1. The number of aldehydes is 1. The fraction of sp³-hybridized carbons (Fsp3) is 0.364. The van der Waals surface area contributed by atoms with Crippen molar-refractivity contribution < 1.29 is 22.7 Å². The lowest BCUT2D eigenvalue weighted by molar-refractivity contribution is -0.139. The molecule has 0 amide bonds. The fourth-order valence-corrected chi connectivity index (χ4v) is 1.31. The Morgan fingerprint density at radius 3 is 2.50 bits per heavy atom. The predicted octanol–water partition coefficient (Wildman–Crippen LogP) is 3.06.